The summed E-state index contributed by atoms with van der Waals surface area (Å²) in [7, 11) is 0. The van der Waals surface area contributed by atoms with Crippen molar-refractivity contribution in [3.05, 3.63) is 0 Å². The minimum absolute atomic E-state index is 0.296. The molecule has 2 rings (SSSR count). The Kier molecular flexibility index (Phi) is 5.85. The summed E-state index contributed by atoms with van der Waals surface area (Å²) in [6.07, 6.45) is 7.98. The molecular weight excluding hydrogens is 252 g/mol. The van der Waals surface area contributed by atoms with Crippen LogP contribution in [-0.4, -0.2) is 47.2 Å². The number of piperidine rings is 1. The lowest BCUT2D eigenvalue weighted by Gasteiger charge is -2.41. The highest BCUT2D eigenvalue weighted by Crippen LogP contribution is 2.24. The molecule has 0 bridgehead atoms. The van der Waals surface area contributed by atoms with Crippen LogP contribution in [0, 0.1) is 5.92 Å². The SMILES string of the molecule is CC(C)N1CC(CC(=O)O)CC(NC2CCCCC2)C1. The van der Waals surface area contributed by atoms with Crippen molar-refractivity contribution in [2.24, 2.45) is 5.92 Å². The van der Waals surface area contributed by atoms with Gasteiger partial charge in [0, 0.05) is 37.6 Å². The lowest BCUT2D eigenvalue weighted by atomic mass is 9.88. The number of aliphatic carboxylic acids is 1. The molecule has 20 heavy (non-hydrogen) atoms. The van der Waals surface area contributed by atoms with E-state index in [0.717, 1.165) is 19.5 Å². The number of carbonyl (C=O) groups is 1. The van der Waals surface area contributed by atoms with Crippen LogP contribution in [0.5, 0.6) is 0 Å². The van der Waals surface area contributed by atoms with Crippen LogP contribution in [0.3, 0.4) is 0 Å². The minimum atomic E-state index is -0.656. The molecule has 2 atom stereocenters. The number of carboxylic acids is 1. The fourth-order valence-corrected chi connectivity index (χ4v) is 3.78. The van der Waals surface area contributed by atoms with Crippen molar-refractivity contribution in [3.63, 3.8) is 0 Å². The minimum Gasteiger partial charge on any atom is -0.481 e. The van der Waals surface area contributed by atoms with E-state index in [1.54, 1.807) is 0 Å². The molecular formula is C16H30N2O2. The first-order valence-corrected chi connectivity index (χ1v) is 8.26. The molecule has 2 N–H and O–H groups in total. The Hall–Kier alpha value is -0.610. The van der Waals surface area contributed by atoms with Gasteiger partial charge in [0.2, 0.25) is 0 Å². The van der Waals surface area contributed by atoms with Crippen molar-refractivity contribution in [2.45, 2.75) is 76.9 Å². The van der Waals surface area contributed by atoms with E-state index < -0.39 is 5.97 Å². The van der Waals surface area contributed by atoms with Crippen molar-refractivity contribution in [2.75, 3.05) is 13.1 Å². The number of likely N-dealkylation sites (tertiary alicyclic amines) is 1. The molecule has 1 saturated heterocycles. The standard InChI is InChI=1S/C16H30N2O2/c1-12(2)18-10-13(9-16(19)20)8-15(11-18)17-14-6-4-3-5-7-14/h12-15,17H,3-11H2,1-2H3,(H,19,20). The van der Waals surface area contributed by atoms with E-state index in [9.17, 15) is 4.79 Å². The number of hydrogen-bond acceptors (Lipinski definition) is 3. The molecule has 0 aromatic rings. The van der Waals surface area contributed by atoms with Crippen LogP contribution in [0.1, 0.15) is 58.8 Å². The van der Waals surface area contributed by atoms with E-state index in [-0.39, 0.29) is 0 Å². The predicted molar refractivity (Wildman–Crippen MR) is 80.9 cm³/mol. The van der Waals surface area contributed by atoms with E-state index in [1.165, 1.54) is 32.1 Å². The molecule has 116 valence electrons. The molecule has 0 radical (unpaired) electrons. The molecule has 0 spiro atoms. The summed E-state index contributed by atoms with van der Waals surface area (Å²) >= 11 is 0. The fraction of sp³-hybridized carbons (Fsp3) is 0.938. The zero-order valence-electron chi connectivity index (χ0n) is 13.0. The Bertz CT molecular complexity index is 314. The molecule has 4 heteroatoms. The number of hydrogen-bond donors (Lipinski definition) is 2. The zero-order valence-corrected chi connectivity index (χ0v) is 13.0. The van der Waals surface area contributed by atoms with Crippen LogP contribution in [0.4, 0.5) is 0 Å². The van der Waals surface area contributed by atoms with Crippen LogP contribution < -0.4 is 5.32 Å². The zero-order chi connectivity index (χ0) is 14.5. The first-order chi connectivity index (χ1) is 9.54. The summed E-state index contributed by atoms with van der Waals surface area (Å²) in [6, 6.07) is 1.63. The van der Waals surface area contributed by atoms with Crippen LogP contribution in [0.2, 0.25) is 0 Å². The van der Waals surface area contributed by atoms with E-state index in [4.69, 9.17) is 5.11 Å². The van der Waals surface area contributed by atoms with Gasteiger partial charge in [-0.25, -0.2) is 0 Å². The van der Waals surface area contributed by atoms with Crippen molar-refractivity contribution in [3.8, 4) is 0 Å². The Morgan fingerprint density at radius 1 is 1.20 bits per heavy atom. The van der Waals surface area contributed by atoms with Gasteiger partial charge in [0.05, 0.1) is 0 Å². The molecule has 1 heterocycles. The summed E-state index contributed by atoms with van der Waals surface area (Å²) in [5, 5.41) is 12.9. The van der Waals surface area contributed by atoms with Crippen molar-refractivity contribution >= 4 is 5.97 Å². The highest BCUT2D eigenvalue weighted by Gasteiger charge is 2.31. The molecule has 0 amide bonds. The van der Waals surface area contributed by atoms with Crippen LogP contribution >= 0.6 is 0 Å². The summed E-state index contributed by atoms with van der Waals surface area (Å²) in [6.45, 7) is 6.43. The maximum absolute atomic E-state index is 11.0. The Balaban J connectivity index is 1.90. The maximum atomic E-state index is 11.0. The summed E-state index contributed by atoms with van der Waals surface area (Å²) < 4.78 is 0. The van der Waals surface area contributed by atoms with Crippen molar-refractivity contribution in [1.82, 2.24) is 10.2 Å². The quantitative estimate of drug-likeness (QED) is 0.813. The smallest absolute Gasteiger partial charge is 0.303 e. The Morgan fingerprint density at radius 3 is 2.50 bits per heavy atom. The Labute approximate surface area is 122 Å². The molecule has 1 aliphatic heterocycles. The van der Waals surface area contributed by atoms with Gasteiger partial charge in [0.15, 0.2) is 0 Å². The molecule has 1 saturated carbocycles. The van der Waals surface area contributed by atoms with Gasteiger partial charge in [-0.15, -0.1) is 0 Å². The van der Waals surface area contributed by atoms with Gasteiger partial charge in [-0.2, -0.15) is 0 Å². The third-order valence-electron chi connectivity index (χ3n) is 4.84. The second-order valence-electron chi connectivity index (χ2n) is 6.95. The second kappa shape index (κ2) is 7.41. The summed E-state index contributed by atoms with van der Waals surface area (Å²) in [5.74, 6) is -0.359. The first-order valence-electron chi connectivity index (χ1n) is 8.26. The third kappa shape index (κ3) is 4.74. The average molecular weight is 282 g/mol. The topological polar surface area (TPSA) is 52.6 Å². The monoisotopic (exact) mass is 282 g/mol. The van der Waals surface area contributed by atoms with E-state index in [1.807, 2.05) is 0 Å². The number of rotatable bonds is 5. The number of carboxylic acid groups (broad SMARTS) is 1. The van der Waals surface area contributed by atoms with Crippen LogP contribution in [0.15, 0.2) is 0 Å². The van der Waals surface area contributed by atoms with Gasteiger partial charge < -0.3 is 10.4 Å². The lowest BCUT2D eigenvalue weighted by molar-refractivity contribution is -0.138. The summed E-state index contributed by atoms with van der Waals surface area (Å²) in [5.41, 5.74) is 0. The maximum Gasteiger partial charge on any atom is 0.303 e. The number of nitrogens with one attached hydrogen (secondary N) is 1. The molecule has 2 unspecified atom stereocenters. The summed E-state index contributed by atoms with van der Waals surface area (Å²) in [4.78, 5) is 13.4. The highest BCUT2D eigenvalue weighted by atomic mass is 16.4. The van der Waals surface area contributed by atoms with Crippen molar-refractivity contribution < 1.29 is 9.90 Å². The van der Waals surface area contributed by atoms with E-state index in [2.05, 4.69) is 24.1 Å². The predicted octanol–water partition coefficient (Wildman–Crippen LogP) is 2.48. The molecule has 2 fully saturated rings. The van der Waals surface area contributed by atoms with Crippen LogP contribution in [0.25, 0.3) is 0 Å². The molecule has 2 aliphatic rings. The van der Waals surface area contributed by atoms with E-state index in [0.29, 0.717) is 30.5 Å². The van der Waals surface area contributed by atoms with Gasteiger partial charge >= 0.3 is 5.97 Å². The lowest BCUT2D eigenvalue weighted by Crippen LogP contribution is -2.54. The van der Waals surface area contributed by atoms with Gasteiger partial charge in [-0.3, -0.25) is 9.69 Å². The Morgan fingerprint density at radius 2 is 1.90 bits per heavy atom. The van der Waals surface area contributed by atoms with Gasteiger partial charge in [0.1, 0.15) is 0 Å². The van der Waals surface area contributed by atoms with Gasteiger partial charge in [-0.1, -0.05) is 19.3 Å². The fourth-order valence-electron chi connectivity index (χ4n) is 3.78. The van der Waals surface area contributed by atoms with Crippen molar-refractivity contribution in [1.29, 1.82) is 0 Å². The third-order valence-corrected chi connectivity index (χ3v) is 4.84. The molecule has 0 aromatic carbocycles. The van der Waals surface area contributed by atoms with Crippen LogP contribution in [-0.2, 0) is 4.79 Å². The number of nitrogens with zero attached hydrogens (tertiary/aromatic N) is 1. The first kappa shape index (κ1) is 15.8. The largest absolute Gasteiger partial charge is 0.481 e. The van der Waals surface area contributed by atoms with Gasteiger partial charge in [-0.05, 0) is 39.0 Å². The normalized spacial score (nSPS) is 29.8. The van der Waals surface area contributed by atoms with E-state index >= 15 is 0 Å². The molecule has 0 aromatic heterocycles. The van der Waals surface area contributed by atoms with Gasteiger partial charge in [0.25, 0.3) is 0 Å². The molecule has 4 nitrogen and oxygen atoms in total. The highest BCUT2D eigenvalue weighted by molar-refractivity contribution is 5.67. The average Bonchev–Trinajstić information content (AvgIpc) is 2.38. The second-order valence-corrected chi connectivity index (χ2v) is 6.95. The molecule has 1 aliphatic carbocycles.